The third kappa shape index (κ3) is 4.85. The van der Waals surface area contributed by atoms with E-state index in [-0.39, 0.29) is 6.09 Å². The molecule has 1 aliphatic heterocycles. The molecule has 0 spiro atoms. The van der Waals surface area contributed by atoms with E-state index in [4.69, 9.17) is 4.74 Å². The van der Waals surface area contributed by atoms with Crippen molar-refractivity contribution in [2.45, 2.75) is 43.9 Å². The first-order valence-corrected chi connectivity index (χ1v) is 10.1. The van der Waals surface area contributed by atoms with E-state index >= 15 is 0 Å². The Morgan fingerprint density at radius 3 is 2.59 bits per heavy atom. The lowest BCUT2D eigenvalue weighted by molar-refractivity contribution is 0.0941. The van der Waals surface area contributed by atoms with Gasteiger partial charge in [0.15, 0.2) is 0 Å². The molecule has 0 unspecified atom stereocenters. The van der Waals surface area contributed by atoms with E-state index in [2.05, 4.69) is 13.8 Å². The van der Waals surface area contributed by atoms with Gasteiger partial charge in [0.05, 0.1) is 10.6 Å². The van der Waals surface area contributed by atoms with Crippen LogP contribution in [0.25, 0.3) is 0 Å². The molecular formula is C17H25NO2S2. The van der Waals surface area contributed by atoms with Crippen molar-refractivity contribution in [3.8, 4) is 0 Å². The van der Waals surface area contributed by atoms with Crippen LogP contribution in [0.1, 0.15) is 32.3 Å². The monoisotopic (exact) mass is 339 g/mol. The molecule has 1 aromatic carbocycles. The zero-order chi connectivity index (χ0) is 15.8. The Morgan fingerprint density at radius 1 is 1.27 bits per heavy atom. The van der Waals surface area contributed by atoms with Crippen molar-refractivity contribution < 1.29 is 9.53 Å². The van der Waals surface area contributed by atoms with Gasteiger partial charge in [-0.3, -0.25) is 0 Å². The van der Waals surface area contributed by atoms with Gasteiger partial charge in [0.1, 0.15) is 6.61 Å². The topological polar surface area (TPSA) is 29.5 Å². The Hall–Kier alpha value is -0.810. The Morgan fingerprint density at radius 2 is 1.95 bits per heavy atom. The number of ether oxygens (including phenoxy) is 1. The zero-order valence-electron chi connectivity index (χ0n) is 13.4. The van der Waals surface area contributed by atoms with Gasteiger partial charge >= 0.3 is 6.09 Å². The van der Waals surface area contributed by atoms with Crippen molar-refractivity contribution in [1.29, 1.82) is 0 Å². The molecule has 22 heavy (non-hydrogen) atoms. The van der Waals surface area contributed by atoms with Crippen molar-refractivity contribution in [2.75, 3.05) is 18.1 Å². The summed E-state index contributed by atoms with van der Waals surface area (Å²) in [5.41, 5.74) is 1.04. The van der Waals surface area contributed by atoms with Crippen LogP contribution in [-0.4, -0.2) is 39.7 Å². The maximum atomic E-state index is 12.4. The molecule has 1 saturated heterocycles. The lowest BCUT2D eigenvalue weighted by Crippen LogP contribution is -2.41. The van der Waals surface area contributed by atoms with Crippen LogP contribution in [0.2, 0.25) is 0 Å². The second kappa shape index (κ2) is 9.36. The number of rotatable bonds is 7. The van der Waals surface area contributed by atoms with Crippen LogP contribution in [0.4, 0.5) is 4.79 Å². The third-order valence-corrected chi connectivity index (χ3v) is 6.48. The van der Waals surface area contributed by atoms with Gasteiger partial charge in [0.25, 0.3) is 0 Å². The van der Waals surface area contributed by atoms with Crippen molar-refractivity contribution in [1.82, 2.24) is 4.90 Å². The van der Waals surface area contributed by atoms with Crippen LogP contribution < -0.4 is 0 Å². The summed E-state index contributed by atoms with van der Waals surface area (Å²) in [4.78, 5) is 14.4. The highest BCUT2D eigenvalue weighted by Crippen LogP contribution is 2.35. The number of benzene rings is 1. The second-order valence-corrected chi connectivity index (χ2v) is 8.36. The molecule has 0 saturated carbocycles. The maximum Gasteiger partial charge on any atom is 0.410 e. The first-order chi connectivity index (χ1) is 10.8. The highest BCUT2D eigenvalue weighted by molar-refractivity contribution is 8.17. The first kappa shape index (κ1) is 17.5. The fourth-order valence-electron chi connectivity index (χ4n) is 2.70. The number of amides is 1. The van der Waals surface area contributed by atoms with E-state index < -0.39 is 0 Å². The standard InChI is InChI=1S/C17H25NO2S2/c1-3-21-16(22-4-2)15-11-8-12-18(15)17(19)20-13-14-9-6-5-7-10-14/h5-7,9-10,15-16H,3-4,8,11-13H2,1-2H3/t15-/m1/s1. The fraction of sp³-hybridized carbons (Fsp3) is 0.588. The molecule has 1 aliphatic rings. The number of thioether (sulfide) groups is 2. The number of likely N-dealkylation sites (tertiary alicyclic amines) is 1. The van der Waals surface area contributed by atoms with Gasteiger partial charge < -0.3 is 9.64 Å². The Labute approximate surface area is 142 Å². The van der Waals surface area contributed by atoms with E-state index in [0.29, 0.717) is 17.2 Å². The highest BCUT2D eigenvalue weighted by Gasteiger charge is 2.35. The smallest absolute Gasteiger partial charge is 0.410 e. The van der Waals surface area contributed by atoms with Gasteiger partial charge in [-0.05, 0) is 29.9 Å². The van der Waals surface area contributed by atoms with Gasteiger partial charge in [-0.15, -0.1) is 23.5 Å². The van der Waals surface area contributed by atoms with Crippen molar-refractivity contribution in [3.05, 3.63) is 35.9 Å². The quantitative estimate of drug-likeness (QED) is 0.678. The average molecular weight is 340 g/mol. The lowest BCUT2D eigenvalue weighted by Gasteiger charge is -2.30. The Kier molecular flexibility index (Phi) is 7.46. The molecule has 1 atom stereocenters. The molecule has 1 heterocycles. The second-order valence-electron chi connectivity index (χ2n) is 5.22. The Balaban J connectivity index is 1.92. The van der Waals surface area contributed by atoms with Crippen molar-refractivity contribution in [2.24, 2.45) is 0 Å². The summed E-state index contributed by atoms with van der Waals surface area (Å²) in [5, 5.41) is 0. The van der Waals surface area contributed by atoms with Gasteiger partial charge in [-0.2, -0.15) is 0 Å². The Bertz CT molecular complexity index is 449. The molecule has 1 fully saturated rings. The van der Waals surface area contributed by atoms with Gasteiger partial charge in [-0.25, -0.2) is 4.79 Å². The molecule has 2 rings (SSSR count). The molecule has 3 nitrogen and oxygen atoms in total. The first-order valence-electron chi connectivity index (χ1n) is 7.96. The lowest BCUT2D eigenvalue weighted by atomic mass is 10.2. The molecule has 122 valence electrons. The summed E-state index contributed by atoms with van der Waals surface area (Å²) in [5.74, 6) is 2.17. The summed E-state index contributed by atoms with van der Waals surface area (Å²) in [6.07, 6.45) is 2.01. The molecular weight excluding hydrogens is 314 g/mol. The minimum absolute atomic E-state index is 0.162. The minimum atomic E-state index is -0.162. The summed E-state index contributed by atoms with van der Waals surface area (Å²) < 4.78 is 5.98. The summed E-state index contributed by atoms with van der Waals surface area (Å²) in [7, 11) is 0. The van der Waals surface area contributed by atoms with Crippen molar-refractivity contribution in [3.63, 3.8) is 0 Å². The van der Waals surface area contributed by atoms with E-state index in [1.165, 1.54) is 0 Å². The number of hydrogen-bond donors (Lipinski definition) is 0. The largest absolute Gasteiger partial charge is 0.445 e. The fourth-order valence-corrected chi connectivity index (χ4v) is 5.57. The molecule has 5 heteroatoms. The molecule has 0 bridgehead atoms. The van der Waals surface area contributed by atoms with E-state index in [1.54, 1.807) is 0 Å². The van der Waals surface area contributed by atoms with Gasteiger partial charge in [0.2, 0.25) is 0 Å². The predicted molar refractivity (Wildman–Crippen MR) is 96.4 cm³/mol. The van der Waals surface area contributed by atoms with E-state index in [9.17, 15) is 4.79 Å². The highest BCUT2D eigenvalue weighted by atomic mass is 32.2. The minimum Gasteiger partial charge on any atom is -0.445 e. The van der Waals surface area contributed by atoms with Crippen molar-refractivity contribution >= 4 is 29.6 Å². The van der Waals surface area contributed by atoms with Crippen LogP contribution >= 0.6 is 23.5 Å². The molecule has 0 radical (unpaired) electrons. The number of carbonyl (C=O) groups is 1. The van der Waals surface area contributed by atoms with E-state index in [1.807, 2.05) is 58.8 Å². The van der Waals surface area contributed by atoms with Gasteiger partial charge in [-0.1, -0.05) is 44.2 Å². The van der Waals surface area contributed by atoms with Crippen LogP contribution in [0.5, 0.6) is 0 Å². The van der Waals surface area contributed by atoms with Crippen LogP contribution in [0.15, 0.2) is 30.3 Å². The van der Waals surface area contributed by atoms with E-state index in [0.717, 1.165) is 36.5 Å². The molecule has 1 aromatic rings. The molecule has 0 aliphatic carbocycles. The number of nitrogens with zero attached hydrogens (tertiary/aromatic N) is 1. The third-order valence-electron chi connectivity index (χ3n) is 3.71. The summed E-state index contributed by atoms with van der Waals surface area (Å²) >= 11 is 3.89. The van der Waals surface area contributed by atoms with Crippen LogP contribution in [0.3, 0.4) is 0 Å². The zero-order valence-corrected chi connectivity index (χ0v) is 15.0. The average Bonchev–Trinajstić information content (AvgIpc) is 3.03. The molecule has 0 aromatic heterocycles. The van der Waals surface area contributed by atoms with Crippen LogP contribution in [0, 0.1) is 0 Å². The van der Waals surface area contributed by atoms with Crippen LogP contribution in [-0.2, 0) is 11.3 Å². The summed E-state index contributed by atoms with van der Waals surface area (Å²) in [6, 6.07) is 10.2. The predicted octanol–water partition coefficient (Wildman–Crippen LogP) is 4.62. The maximum absolute atomic E-state index is 12.4. The SMILES string of the molecule is CCSC(SCC)[C@H]1CCCN1C(=O)OCc1ccccc1. The molecule has 0 N–H and O–H groups in total. The summed E-state index contributed by atoms with van der Waals surface area (Å²) in [6.45, 7) is 5.54. The van der Waals surface area contributed by atoms with Gasteiger partial charge in [0, 0.05) is 6.54 Å². The number of carbonyl (C=O) groups excluding carboxylic acids is 1. The normalized spacial score (nSPS) is 18.0. The number of hydrogen-bond acceptors (Lipinski definition) is 4. The molecule has 1 amide bonds.